The first-order valence-corrected chi connectivity index (χ1v) is 28.6. The summed E-state index contributed by atoms with van der Waals surface area (Å²) in [7, 11) is -6.15. The number of rotatable bonds is 18. The van der Waals surface area contributed by atoms with Crippen LogP contribution in [0.1, 0.15) is 108 Å². The second kappa shape index (κ2) is 20.4. The fraction of sp³-hybridized carbons (Fsp3) is 0.210. The smallest absolute Gasteiger partial charge is 0.265 e. The van der Waals surface area contributed by atoms with Gasteiger partial charge < -0.3 is 10.0 Å². The minimum Gasteiger partial charge on any atom is -0.833 e. The number of nitrogens with zero attached hydrogens (tertiary/aromatic N) is 2. The van der Waals surface area contributed by atoms with Crippen molar-refractivity contribution in [1.82, 2.24) is 9.80 Å². The molecule has 2 aliphatic rings. The molecule has 0 spiro atoms. The van der Waals surface area contributed by atoms with Crippen LogP contribution in [0.15, 0.2) is 194 Å². The summed E-state index contributed by atoms with van der Waals surface area (Å²) in [5.41, 5.74) is 1.60. The van der Waals surface area contributed by atoms with E-state index in [0.717, 1.165) is 81.0 Å². The van der Waals surface area contributed by atoms with E-state index < -0.39 is 26.7 Å². The topological polar surface area (TPSA) is 80.8 Å². The summed E-state index contributed by atoms with van der Waals surface area (Å²) in [6.07, 6.45) is 5.45. The largest absolute Gasteiger partial charge is 0.833 e. The average Bonchev–Trinajstić information content (AvgIpc) is 3.41. The van der Waals surface area contributed by atoms with Crippen LogP contribution >= 0.6 is 14.5 Å². The van der Waals surface area contributed by atoms with Crippen LogP contribution in [0.4, 0.5) is 0 Å². The Balaban J connectivity index is 1.43. The molecule has 6 nitrogen and oxygen atoms in total. The van der Waals surface area contributed by atoms with Gasteiger partial charge in [-0.15, -0.1) is 0 Å². The first kappa shape index (κ1) is 47.1. The van der Waals surface area contributed by atoms with E-state index in [2.05, 4.69) is 86.6 Å². The first-order chi connectivity index (χ1) is 34.4. The minimum absolute atomic E-state index is 0.245. The van der Waals surface area contributed by atoms with E-state index in [1.54, 1.807) is 4.90 Å². The Bertz CT molecular complexity index is 2960. The molecule has 8 heteroatoms. The first-order valence-electron chi connectivity index (χ1n) is 25.0. The van der Waals surface area contributed by atoms with Crippen molar-refractivity contribution in [1.29, 1.82) is 0 Å². The predicted molar refractivity (Wildman–Crippen MR) is 291 cm³/mol. The summed E-state index contributed by atoms with van der Waals surface area (Å²) in [6.45, 7) is 4.83. The van der Waals surface area contributed by atoms with Crippen molar-refractivity contribution in [3.63, 3.8) is 0 Å². The zero-order chi connectivity index (χ0) is 48.2. The Labute approximate surface area is 413 Å². The number of hydrogen-bond acceptors (Lipinski definition) is 4. The minimum atomic E-state index is -3.08. The van der Waals surface area contributed by atoms with Gasteiger partial charge >= 0.3 is 0 Å². The molecular formula is C62H59N2O4P2+. The Morgan fingerprint density at radius 1 is 0.414 bits per heavy atom. The molecule has 70 heavy (non-hydrogen) atoms. The van der Waals surface area contributed by atoms with E-state index in [4.69, 9.17) is 0 Å². The lowest BCUT2D eigenvalue weighted by atomic mass is 9.85. The van der Waals surface area contributed by atoms with Gasteiger partial charge in [0.2, 0.25) is 0 Å². The van der Waals surface area contributed by atoms with Crippen LogP contribution in [0.5, 0.6) is 0 Å². The summed E-state index contributed by atoms with van der Waals surface area (Å²) < 4.78 is 0. The highest BCUT2D eigenvalue weighted by Crippen LogP contribution is 2.60. The number of unbranched alkanes of at least 4 members (excludes halogenated alkanes) is 6. The maximum atomic E-state index is 16.1. The van der Waals surface area contributed by atoms with E-state index in [1.165, 1.54) is 4.90 Å². The van der Waals surface area contributed by atoms with Crippen LogP contribution in [0.2, 0.25) is 0 Å². The molecule has 2 heterocycles. The molecule has 8 aromatic carbocycles. The van der Waals surface area contributed by atoms with Crippen LogP contribution in [0.25, 0.3) is 10.8 Å². The lowest BCUT2D eigenvalue weighted by Crippen LogP contribution is -2.52. The van der Waals surface area contributed by atoms with E-state index in [-0.39, 0.29) is 24.9 Å². The van der Waals surface area contributed by atoms with E-state index >= 15 is 19.5 Å². The van der Waals surface area contributed by atoms with Crippen LogP contribution in [-0.4, -0.2) is 40.6 Å². The molecule has 1 atom stereocenters. The molecule has 0 radical (unpaired) electrons. The van der Waals surface area contributed by atoms with Crippen LogP contribution < -0.4 is 47.5 Å². The second-order valence-electron chi connectivity index (χ2n) is 18.5. The molecule has 0 aromatic heterocycles. The molecule has 0 saturated heterocycles. The van der Waals surface area contributed by atoms with Crippen molar-refractivity contribution in [2.45, 2.75) is 71.4 Å². The van der Waals surface area contributed by atoms with Gasteiger partial charge in [-0.2, -0.15) is 0 Å². The monoisotopic (exact) mass is 957 g/mol. The highest BCUT2D eigenvalue weighted by molar-refractivity contribution is 8.02. The molecule has 0 fully saturated rings. The Hall–Kier alpha value is -6.55. The van der Waals surface area contributed by atoms with Gasteiger partial charge in [-0.1, -0.05) is 162 Å². The summed E-state index contributed by atoms with van der Waals surface area (Å²) in [4.78, 5) is 51.1. The molecule has 0 N–H and O–H groups in total. The van der Waals surface area contributed by atoms with Crippen LogP contribution in [0, 0.1) is 0 Å². The lowest BCUT2D eigenvalue weighted by Gasteiger charge is -2.44. The fourth-order valence-electron chi connectivity index (χ4n) is 11.2. The maximum absolute atomic E-state index is 16.1. The van der Waals surface area contributed by atoms with Crippen molar-refractivity contribution in [2.75, 3.05) is 13.1 Å². The van der Waals surface area contributed by atoms with Crippen molar-refractivity contribution in [3.05, 3.63) is 216 Å². The molecular weight excluding hydrogens is 899 g/mol. The number of benzene rings is 8. The van der Waals surface area contributed by atoms with Crippen LogP contribution in [-0.2, 0) is 0 Å². The Morgan fingerprint density at radius 2 is 0.771 bits per heavy atom. The van der Waals surface area contributed by atoms with Crippen molar-refractivity contribution in [3.8, 4) is 0 Å². The van der Waals surface area contributed by atoms with E-state index in [1.807, 2.05) is 121 Å². The summed E-state index contributed by atoms with van der Waals surface area (Å²) in [5, 5.41) is 24.3. The predicted octanol–water partition coefficient (Wildman–Crippen LogP) is 9.65. The highest BCUT2D eigenvalue weighted by Gasteiger charge is 2.57. The third kappa shape index (κ3) is 7.82. The summed E-state index contributed by atoms with van der Waals surface area (Å²) >= 11 is 0. The number of carbonyl (C=O) groups excluding carboxylic acids is 3. The van der Waals surface area contributed by atoms with Gasteiger partial charge in [0.25, 0.3) is 17.7 Å². The van der Waals surface area contributed by atoms with Gasteiger partial charge in [0.1, 0.15) is 57.0 Å². The van der Waals surface area contributed by atoms with Gasteiger partial charge in [0.05, 0.1) is 16.7 Å². The normalized spacial score (nSPS) is 14.7. The second-order valence-corrected chi connectivity index (χ2v) is 25.3. The lowest BCUT2D eigenvalue weighted by molar-refractivity contribution is -0.458. The molecule has 3 amide bonds. The highest BCUT2D eigenvalue weighted by atomic mass is 31.2. The number of hydrogen-bond donors (Lipinski definition) is 0. The van der Waals surface area contributed by atoms with Crippen molar-refractivity contribution in [2.24, 2.45) is 0 Å². The van der Waals surface area contributed by atoms with Gasteiger partial charge in [0.15, 0.2) is 0 Å². The van der Waals surface area contributed by atoms with Gasteiger partial charge in [-0.05, 0) is 110 Å². The van der Waals surface area contributed by atoms with E-state index in [0.29, 0.717) is 45.9 Å². The third-order valence-electron chi connectivity index (χ3n) is 14.4. The molecule has 10 rings (SSSR count). The molecule has 8 aromatic rings. The molecule has 2 aliphatic heterocycles. The Kier molecular flexibility index (Phi) is 13.8. The maximum Gasteiger partial charge on any atom is 0.265 e. The standard InChI is InChI=1S/C62H59N2O4P2/c1-3-5-7-27-41-63-59(65)51-43-54(70(48-35-21-12-22-36-48,49-37-23-13-24-38-49)50-39-25-14-26-40-50)58-56-52(60(66)64(62(58)68)42-28-8-6-4-2)44-53(57(55(51)56)61(63)67)69(45-29-15-9-16-30-45,46-31-17-10-18-32-46)47-33-19-11-20-34-47/h9-26,29-40,43-44,59H,3-8,27-28,41-42H2,1-2H3/q+1. The zero-order valence-electron chi connectivity index (χ0n) is 40.0. The number of imide groups is 1. The fourth-order valence-corrected chi connectivity index (χ4v) is 20.1. The summed E-state index contributed by atoms with van der Waals surface area (Å²) in [6, 6.07) is 66.3. The van der Waals surface area contributed by atoms with E-state index in [9.17, 15) is 0 Å². The SMILES string of the molecule is CCCCCCN1C(=O)c2cc([P+](c3ccccc3)(c3ccccc3)c3ccccc3)c3c4c(cc([P+](c5ccccc5)(c5ccccc5)c5ccccc5)c(c24)C1=O)C([O-])N(CCCCCC)C3=O. The average molecular weight is 958 g/mol. The van der Waals surface area contributed by atoms with Crippen LogP contribution in [0.3, 0.4) is 0 Å². The Morgan fingerprint density at radius 3 is 1.16 bits per heavy atom. The molecule has 0 saturated carbocycles. The molecule has 0 aliphatic carbocycles. The van der Waals surface area contributed by atoms with Crippen molar-refractivity contribution < 1.29 is 19.5 Å². The summed E-state index contributed by atoms with van der Waals surface area (Å²) in [5.74, 6) is -1.13. The quantitative estimate of drug-likeness (QED) is 0.0488. The number of carbonyl (C=O) groups is 3. The number of amides is 3. The molecule has 0 bridgehead atoms. The third-order valence-corrected chi connectivity index (χ3v) is 23.0. The molecule has 1 unspecified atom stereocenters. The van der Waals surface area contributed by atoms with Crippen molar-refractivity contribution >= 4 is 85.5 Å². The van der Waals surface area contributed by atoms with Gasteiger partial charge in [-0.25, -0.2) is 0 Å². The van der Waals surface area contributed by atoms with Gasteiger partial charge in [-0.3, -0.25) is 19.3 Å². The zero-order valence-corrected chi connectivity index (χ0v) is 41.8. The molecule has 350 valence electrons. The van der Waals surface area contributed by atoms with Gasteiger partial charge in [0, 0.05) is 23.9 Å².